The number of rotatable bonds is 4. The minimum absolute atomic E-state index is 0.275. The SMILES string of the molecule is Cc1nc(CC(CCl)c2cccc(Cl)c2)cs1. The van der Waals surface area contributed by atoms with Crippen LogP contribution in [0.2, 0.25) is 5.02 Å². The van der Waals surface area contributed by atoms with Crippen molar-refractivity contribution in [2.24, 2.45) is 0 Å². The van der Waals surface area contributed by atoms with Crippen LogP contribution in [0.3, 0.4) is 0 Å². The summed E-state index contributed by atoms with van der Waals surface area (Å²) in [5.74, 6) is 0.855. The van der Waals surface area contributed by atoms with Crippen molar-refractivity contribution in [3.63, 3.8) is 0 Å². The third kappa shape index (κ3) is 3.44. The first kappa shape index (κ1) is 12.9. The van der Waals surface area contributed by atoms with E-state index in [-0.39, 0.29) is 5.92 Å². The number of thiazole rings is 1. The summed E-state index contributed by atoms with van der Waals surface area (Å²) >= 11 is 13.7. The van der Waals surface area contributed by atoms with Gasteiger partial charge in [-0.2, -0.15) is 0 Å². The first-order chi connectivity index (χ1) is 8.19. The van der Waals surface area contributed by atoms with Gasteiger partial charge in [0.1, 0.15) is 0 Å². The molecule has 0 saturated heterocycles. The number of halogens is 2. The molecule has 0 spiro atoms. The van der Waals surface area contributed by atoms with Crippen LogP contribution < -0.4 is 0 Å². The van der Waals surface area contributed by atoms with Crippen molar-refractivity contribution in [2.45, 2.75) is 19.3 Å². The molecule has 0 aliphatic heterocycles. The second-order valence-corrected chi connectivity index (χ2v) is 5.78. The quantitative estimate of drug-likeness (QED) is 0.744. The van der Waals surface area contributed by atoms with Crippen molar-refractivity contribution in [1.29, 1.82) is 0 Å². The van der Waals surface area contributed by atoms with E-state index in [0.29, 0.717) is 5.88 Å². The monoisotopic (exact) mass is 285 g/mol. The molecule has 0 aliphatic rings. The van der Waals surface area contributed by atoms with E-state index in [9.17, 15) is 0 Å². The molecule has 1 aromatic carbocycles. The standard InChI is InChI=1S/C13H13Cl2NS/c1-9-16-13(8-17-9)6-11(7-14)10-3-2-4-12(15)5-10/h2-5,8,11H,6-7H2,1H3. The lowest BCUT2D eigenvalue weighted by molar-refractivity contribution is 0.750. The number of aromatic nitrogens is 1. The van der Waals surface area contributed by atoms with Crippen molar-refractivity contribution in [2.75, 3.05) is 5.88 Å². The molecule has 1 aromatic heterocycles. The Morgan fingerprint density at radius 3 is 2.82 bits per heavy atom. The normalized spacial score (nSPS) is 12.6. The van der Waals surface area contributed by atoms with Gasteiger partial charge >= 0.3 is 0 Å². The van der Waals surface area contributed by atoms with Crippen LogP contribution in [0.15, 0.2) is 29.6 Å². The zero-order valence-corrected chi connectivity index (χ0v) is 11.8. The van der Waals surface area contributed by atoms with Crippen LogP contribution in [0.25, 0.3) is 0 Å². The largest absolute Gasteiger partial charge is 0.247 e. The van der Waals surface area contributed by atoms with Crippen LogP contribution in [-0.2, 0) is 6.42 Å². The van der Waals surface area contributed by atoms with E-state index in [1.165, 1.54) is 5.56 Å². The van der Waals surface area contributed by atoms with E-state index in [4.69, 9.17) is 23.2 Å². The van der Waals surface area contributed by atoms with Gasteiger partial charge in [-0.15, -0.1) is 22.9 Å². The first-order valence-electron chi connectivity index (χ1n) is 5.41. The Morgan fingerprint density at radius 1 is 1.41 bits per heavy atom. The highest BCUT2D eigenvalue weighted by atomic mass is 35.5. The maximum absolute atomic E-state index is 6.04. The van der Waals surface area contributed by atoms with Crippen molar-refractivity contribution in [3.8, 4) is 0 Å². The lowest BCUT2D eigenvalue weighted by Crippen LogP contribution is -2.05. The molecule has 0 saturated carbocycles. The summed E-state index contributed by atoms with van der Waals surface area (Å²) in [6, 6.07) is 7.89. The summed E-state index contributed by atoms with van der Waals surface area (Å²) in [5.41, 5.74) is 2.29. The zero-order valence-electron chi connectivity index (χ0n) is 9.49. The third-order valence-corrected chi connectivity index (χ3v) is 4.06. The molecule has 0 aliphatic carbocycles. The predicted molar refractivity (Wildman–Crippen MR) is 75.5 cm³/mol. The molecule has 1 nitrogen and oxygen atoms in total. The van der Waals surface area contributed by atoms with Crippen molar-refractivity contribution in [1.82, 2.24) is 4.98 Å². The lowest BCUT2D eigenvalue weighted by Gasteiger charge is -2.13. The Morgan fingerprint density at radius 2 is 2.24 bits per heavy atom. The third-order valence-electron chi connectivity index (χ3n) is 2.63. The van der Waals surface area contributed by atoms with Gasteiger partial charge in [-0.05, 0) is 31.0 Å². The molecule has 4 heteroatoms. The highest BCUT2D eigenvalue weighted by Gasteiger charge is 2.13. The molecule has 17 heavy (non-hydrogen) atoms. The second-order valence-electron chi connectivity index (χ2n) is 3.97. The fraction of sp³-hybridized carbons (Fsp3) is 0.308. The van der Waals surface area contributed by atoms with Gasteiger partial charge in [0.05, 0.1) is 10.7 Å². The van der Waals surface area contributed by atoms with Crippen LogP contribution >= 0.6 is 34.5 Å². The van der Waals surface area contributed by atoms with Crippen LogP contribution in [0, 0.1) is 6.92 Å². The molecular formula is C13H13Cl2NS. The van der Waals surface area contributed by atoms with Gasteiger partial charge in [0.2, 0.25) is 0 Å². The molecule has 0 fully saturated rings. The highest BCUT2D eigenvalue weighted by molar-refractivity contribution is 7.09. The van der Waals surface area contributed by atoms with Crippen molar-refractivity contribution < 1.29 is 0 Å². The molecule has 2 rings (SSSR count). The number of nitrogens with zero attached hydrogens (tertiary/aromatic N) is 1. The number of alkyl halides is 1. The lowest BCUT2D eigenvalue weighted by atomic mass is 9.96. The molecular weight excluding hydrogens is 273 g/mol. The van der Waals surface area contributed by atoms with Crippen molar-refractivity contribution >= 4 is 34.5 Å². The molecule has 0 bridgehead atoms. The van der Waals surface area contributed by atoms with Gasteiger partial charge in [0, 0.05) is 22.2 Å². The number of hydrogen-bond donors (Lipinski definition) is 0. The molecule has 0 amide bonds. The molecule has 1 unspecified atom stereocenters. The number of aryl methyl sites for hydroxylation is 1. The van der Waals surface area contributed by atoms with E-state index < -0.39 is 0 Å². The van der Waals surface area contributed by atoms with E-state index >= 15 is 0 Å². The Hall–Kier alpha value is -0.570. The Kier molecular flexibility index (Phi) is 4.43. The van der Waals surface area contributed by atoms with Gasteiger partial charge < -0.3 is 0 Å². The van der Waals surface area contributed by atoms with E-state index in [1.807, 2.05) is 25.1 Å². The minimum atomic E-state index is 0.275. The fourth-order valence-electron chi connectivity index (χ4n) is 1.78. The van der Waals surface area contributed by atoms with Crippen LogP contribution in [-0.4, -0.2) is 10.9 Å². The van der Waals surface area contributed by atoms with Crippen LogP contribution in [0.5, 0.6) is 0 Å². The van der Waals surface area contributed by atoms with Gasteiger partial charge in [0.25, 0.3) is 0 Å². The zero-order chi connectivity index (χ0) is 12.3. The second kappa shape index (κ2) is 5.85. The van der Waals surface area contributed by atoms with Gasteiger partial charge in [-0.25, -0.2) is 4.98 Å². The Labute approximate surface area is 115 Å². The highest BCUT2D eigenvalue weighted by Crippen LogP contribution is 2.25. The Bertz CT molecular complexity index is 496. The fourth-order valence-corrected chi connectivity index (χ4v) is 2.89. The van der Waals surface area contributed by atoms with E-state index in [0.717, 1.165) is 22.1 Å². The molecule has 1 atom stereocenters. The summed E-state index contributed by atoms with van der Waals surface area (Å²) in [4.78, 5) is 4.47. The van der Waals surface area contributed by atoms with Gasteiger partial charge in [-0.1, -0.05) is 23.7 Å². The topological polar surface area (TPSA) is 12.9 Å². The summed E-state index contributed by atoms with van der Waals surface area (Å²) in [6.45, 7) is 2.02. The average molecular weight is 286 g/mol. The summed E-state index contributed by atoms with van der Waals surface area (Å²) in [5, 5.41) is 3.95. The van der Waals surface area contributed by atoms with E-state index in [1.54, 1.807) is 11.3 Å². The molecule has 2 aromatic rings. The van der Waals surface area contributed by atoms with Crippen LogP contribution in [0.1, 0.15) is 22.2 Å². The minimum Gasteiger partial charge on any atom is -0.247 e. The first-order valence-corrected chi connectivity index (χ1v) is 7.20. The number of benzene rings is 1. The number of hydrogen-bond acceptors (Lipinski definition) is 2. The summed E-state index contributed by atoms with van der Waals surface area (Å²) < 4.78 is 0. The molecule has 0 N–H and O–H groups in total. The van der Waals surface area contributed by atoms with E-state index in [2.05, 4.69) is 16.4 Å². The maximum atomic E-state index is 6.04. The smallest absolute Gasteiger partial charge is 0.0897 e. The van der Waals surface area contributed by atoms with Crippen molar-refractivity contribution in [3.05, 3.63) is 50.9 Å². The van der Waals surface area contributed by atoms with Gasteiger partial charge in [0.15, 0.2) is 0 Å². The summed E-state index contributed by atoms with van der Waals surface area (Å²) in [7, 11) is 0. The predicted octanol–water partition coefficient (Wildman–Crippen LogP) is 4.67. The Balaban J connectivity index is 2.16. The molecule has 1 heterocycles. The average Bonchev–Trinajstić information content (AvgIpc) is 2.72. The maximum Gasteiger partial charge on any atom is 0.0897 e. The van der Waals surface area contributed by atoms with Gasteiger partial charge in [-0.3, -0.25) is 0 Å². The molecule has 90 valence electrons. The molecule has 0 radical (unpaired) electrons. The van der Waals surface area contributed by atoms with Crippen LogP contribution in [0.4, 0.5) is 0 Å². The summed E-state index contributed by atoms with van der Waals surface area (Å²) in [6.07, 6.45) is 0.869.